The van der Waals surface area contributed by atoms with Gasteiger partial charge in [0, 0.05) is 26.1 Å². The monoisotopic (exact) mass is 144 g/mol. The molecule has 0 aromatic heterocycles. The molecule has 0 radical (unpaired) electrons. The minimum absolute atomic E-state index is 0.0116. The zero-order chi connectivity index (χ0) is 7.56. The molecule has 1 rings (SSSR count). The van der Waals surface area contributed by atoms with Crippen LogP contribution in [0.1, 0.15) is 12.8 Å². The second-order valence-electron chi connectivity index (χ2n) is 2.83. The van der Waals surface area contributed by atoms with Crippen molar-refractivity contribution < 1.29 is 15.0 Å². The number of hydrogen-bond acceptors (Lipinski definition) is 3. The fourth-order valence-corrected chi connectivity index (χ4v) is 1.43. The summed E-state index contributed by atoms with van der Waals surface area (Å²) in [7, 11) is 0. The zero-order valence-electron chi connectivity index (χ0n) is 5.79. The summed E-state index contributed by atoms with van der Waals surface area (Å²) in [6, 6.07) is 0. The second kappa shape index (κ2) is 3.12. The third-order valence-corrected chi connectivity index (χ3v) is 2.12. The molecule has 3 nitrogen and oxygen atoms in total. The number of Topliss-reactive ketones (excluding diaryl/α,β-unsaturated/α-hetero) is 1. The molecule has 2 unspecified atom stereocenters. The van der Waals surface area contributed by atoms with Crippen LogP contribution in [0, 0.1) is 11.8 Å². The number of ketones is 1. The maximum atomic E-state index is 10.8. The van der Waals surface area contributed by atoms with Gasteiger partial charge < -0.3 is 10.2 Å². The lowest BCUT2D eigenvalue weighted by molar-refractivity contribution is -0.117. The highest BCUT2D eigenvalue weighted by Gasteiger charge is 2.31. The summed E-state index contributed by atoms with van der Waals surface area (Å²) < 4.78 is 0. The molecule has 3 heteroatoms. The van der Waals surface area contributed by atoms with E-state index in [0.29, 0.717) is 12.8 Å². The van der Waals surface area contributed by atoms with E-state index in [-0.39, 0.29) is 30.8 Å². The van der Waals surface area contributed by atoms with Crippen molar-refractivity contribution in [2.75, 3.05) is 13.2 Å². The Morgan fingerprint density at radius 3 is 1.90 bits per heavy atom. The topological polar surface area (TPSA) is 57.5 Å². The van der Waals surface area contributed by atoms with Gasteiger partial charge in [-0.25, -0.2) is 0 Å². The van der Waals surface area contributed by atoms with Gasteiger partial charge in [0.15, 0.2) is 0 Å². The fourth-order valence-electron chi connectivity index (χ4n) is 1.43. The highest BCUT2D eigenvalue weighted by Crippen LogP contribution is 2.27. The van der Waals surface area contributed by atoms with Crippen LogP contribution in [-0.2, 0) is 4.79 Å². The van der Waals surface area contributed by atoms with E-state index in [0.717, 1.165) is 0 Å². The van der Waals surface area contributed by atoms with Gasteiger partial charge in [-0.05, 0) is 11.8 Å². The first kappa shape index (κ1) is 7.69. The summed E-state index contributed by atoms with van der Waals surface area (Å²) in [5.74, 6) is 0.188. The van der Waals surface area contributed by atoms with Gasteiger partial charge in [-0.15, -0.1) is 0 Å². The average Bonchev–Trinajstić information content (AvgIpc) is 2.30. The summed E-state index contributed by atoms with van der Waals surface area (Å²) in [5, 5.41) is 17.4. The van der Waals surface area contributed by atoms with Crippen molar-refractivity contribution in [3.8, 4) is 0 Å². The predicted octanol–water partition coefficient (Wildman–Crippen LogP) is -0.434. The number of rotatable bonds is 2. The van der Waals surface area contributed by atoms with Gasteiger partial charge in [0.1, 0.15) is 5.78 Å². The van der Waals surface area contributed by atoms with E-state index in [4.69, 9.17) is 10.2 Å². The molecule has 1 aliphatic rings. The van der Waals surface area contributed by atoms with Crippen LogP contribution in [0.25, 0.3) is 0 Å². The lowest BCUT2D eigenvalue weighted by Gasteiger charge is -2.11. The van der Waals surface area contributed by atoms with Crippen molar-refractivity contribution in [3.63, 3.8) is 0 Å². The number of aliphatic hydroxyl groups excluding tert-OH is 2. The summed E-state index contributed by atoms with van der Waals surface area (Å²) in [6.45, 7) is 0.0495. The van der Waals surface area contributed by atoms with Gasteiger partial charge in [0.2, 0.25) is 0 Å². The molecule has 58 valence electrons. The molecular weight excluding hydrogens is 132 g/mol. The lowest BCUT2D eigenvalue weighted by Crippen LogP contribution is -2.15. The van der Waals surface area contributed by atoms with E-state index in [1.807, 2.05) is 0 Å². The van der Waals surface area contributed by atoms with Crippen molar-refractivity contribution in [3.05, 3.63) is 0 Å². The zero-order valence-corrected chi connectivity index (χ0v) is 5.79. The molecule has 2 atom stereocenters. The largest absolute Gasteiger partial charge is 0.396 e. The van der Waals surface area contributed by atoms with E-state index in [1.165, 1.54) is 0 Å². The van der Waals surface area contributed by atoms with Crippen LogP contribution in [0.5, 0.6) is 0 Å². The van der Waals surface area contributed by atoms with Crippen LogP contribution in [-0.4, -0.2) is 29.2 Å². The standard InChI is InChI=1S/C7H12O3/c8-3-5-1-7(10)2-6(5)4-9/h5-6,8-9H,1-4H2. The van der Waals surface area contributed by atoms with Crippen molar-refractivity contribution in [2.45, 2.75) is 12.8 Å². The van der Waals surface area contributed by atoms with Crippen molar-refractivity contribution >= 4 is 5.78 Å². The van der Waals surface area contributed by atoms with Crippen LogP contribution in [0.15, 0.2) is 0 Å². The smallest absolute Gasteiger partial charge is 0.133 e. The minimum atomic E-state index is 0.0116. The van der Waals surface area contributed by atoms with E-state index in [9.17, 15) is 4.79 Å². The van der Waals surface area contributed by atoms with Crippen LogP contribution in [0.3, 0.4) is 0 Å². The SMILES string of the molecule is O=C1CC(CO)C(CO)C1. The van der Waals surface area contributed by atoms with E-state index < -0.39 is 0 Å². The first-order chi connectivity index (χ1) is 4.77. The first-order valence-electron chi connectivity index (χ1n) is 3.51. The molecule has 10 heavy (non-hydrogen) atoms. The van der Waals surface area contributed by atoms with Crippen molar-refractivity contribution in [1.82, 2.24) is 0 Å². The van der Waals surface area contributed by atoms with Gasteiger partial charge in [-0.2, -0.15) is 0 Å². The highest BCUT2D eigenvalue weighted by atomic mass is 16.3. The Balaban J connectivity index is 2.48. The summed E-state index contributed by atoms with van der Waals surface area (Å²) in [5.41, 5.74) is 0. The maximum Gasteiger partial charge on any atom is 0.133 e. The number of carbonyl (C=O) groups excluding carboxylic acids is 1. The predicted molar refractivity (Wildman–Crippen MR) is 35.4 cm³/mol. The number of aliphatic hydroxyl groups is 2. The van der Waals surface area contributed by atoms with Gasteiger partial charge in [0.05, 0.1) is 0 Å². The molecule has 0 aliphatic heterocycles. The molecule has 2 N–H and O–H groups in total. The molecule has 0 heterocycles. The van der Waals surface area contributed by atoms with Crippen LogP contribution < -0.4 is 0 Å². The second-order valence-corrected chi connectivity index (χ2v) is 2.83. The molecule has 0 aromatic rings. The fraction of sp³-hybridized carbons (Fsp3) is 0.857. The van der Waals surface area contributed by atoms with E-state index >= 15 is 0 Å². The molecule has 0 saturated heterocycles. The van der Waals surface area contributed by atoms with Crippen LogP contribution in [0.2, 0.25) is 0 Å². The summed E-state index contributed by atoms with van der Waals surface area (Å²) in [6.07, 6.45) is 0.892. The molecule has 1 aliphatic carbocycles. The summed E-state index contributed by atoms with van der Waals surface area (Å²) >= 11 is 0. The minimum Gasteiger partial charge on any atom is -0.396 e. The molecule has 0 spiro atoms. The Bertz CT molecular complexity index is 119. The molecular formula is C7H12O3. The normalized spacial score (nSPS) is 33.2. The Hall–Kier alpha value is -0.410. The summed E-state index contributed by atoms with van der Waals surface area (Å²) in [4.78, 5) is 10.8. The first-order valence-corrected chi connectivity index (χ1v) is 3.51. The van der Waals surface area contributed by atoms with Crippen LogP contribution in [0.4, 0.5) is 0 Å². The number of carbonyl (C=O) groups is 1. The quantitative estimate of drug-likeness (QED) is 0.552. The lowest BCUT2D eigenvalue weighted by atomic mass is 9.98. The Kier molecular flexibility index (Phi) is 2.40. The van der Waals surface area contributed by atoms with Gasteiger partial charge in [0.25, 0.3) is 0 Å². The maximum absolute atomic E-state index is 10.8. The molecule has 0 bridgehead atoms. The third kappa shape index (κ3) is 1.36. The van der Waals surface area contributed by atoms with Gasteiger partial charge in [-0.1, -0.05) is 0 Å². The Morgan fingerprint density at radius 1 is 1.20 bits per heavy atom. The molecule has 1 fully saturated rings. The van der Waals surface area contributed by atoms with E-state index in [2.05, 4.69) is 0 Å². The van der Waals surface area contributed by atoms with Crippen molar-refractivity contribution in [1.29, 1.82) is 0 Å². The van der Waals surface area contributed by atoms with Gasteiger partial charge >= 0.3 is 0 Å². The molecule has 1 saturated carbocycles. The average molecular weight is 144 g/mol. The molecule has 0 aromatic carbocycles. The van der Waals surface area contributed by atoms with Gasteiger partial charge in [-0.3, -0.25) is 4.79 Å². The molecule has 0 amide bonds. The highest BCUT2D eigenvalue weighted by molar-refractivity contribution is 5.81. The van der Waals surface area contributed by atoms with Crippen molar-refractivity contribution in [2.24, 2.45) is 11.8 Å². The van der Waals surface area contributed by atoms with Crippen LogP contribution >= 0.6 is 0 Å². The Morgan fingerprint density at radius 2 is 1.60 bits per heavy atom. The Labute approximate surface area is 59.7 Å². The third-order valence-electron chi connectivity index (χ3n) is 2.12. The van der Waals surface area contributed by atoms with E-state index in [1.54, 1.807) is 0 Å². The number of hydrogen-bond donors (Lipinski definition) is 2.